The number of hydrogen-bond acceptors (Lipinski definition) is 4. The second kappa shape index (κ2) is 10.1. The molecule has 7 heteroatoms. The number of nitrogens with zero attached hydrogens (tertiary/aromatic N) is 4. The summed E-state index contributed by atoms with van der Waals surface area (Å²) in [6.45, 7) is 0. The van der Waals surface area contributed by atoms with Gasteiger partial charge in [-0.1, -0.05) is 48.5 Å². The molecule has 0 bridgehead atoms. The lowest BCUT2D eigenvalue weighted by molar-refractivity contribution is -0.122. The fourth-order valence-electron chi connectivity index (χ4n) is 4.50. The molecule has 3 heterocycles. The lowest BCUT2D eigenvalue weighted by Crippen LogP contribution is -2.32. The molecule has 0 aliphatic carbocycles. The second-order valence-electron chi connectivity index (χ2n) is 8.31. The summed E-state index contributed by atoms with van der Waals surface area (Å²) in [5.74, 6) is 1.67. The van der Waals surface area contributed by atoms with Crippen molar-refractivity contribution < 1.29 is 4.79 Å². The highest BCUT2D eigenvalue weighted by atomic mass is 32.2. The van der Waals surface area contributed by atoms with E-state index in [1.807, 2.05) is 65.5 Å². The number of benzene rings is 2. The summed E-state index contributed by atoms with van der Waals surface area (Å²) in [7, 11) is 0. The highest BCUT2D eigenvalue weighted by molar-refractivity contribution is 7.98. The monoisotopic (exact) mass is 469 g/mol. The average Bonchev–Trinajstić information content (AvgIpc) is 3.55. The van der Waals surface area contributed by atoms with Crippen LogP contribution in [0.5, 0.6) is 0 Å². The molecule has 0 radical (unpaired) electrons. The summed E-state index contributed by atoms with van der Waals surface area (Å²) in [5, 5.41) is 14.3. The number of pyridine rings is 1. The van der Waals surface area contributed by atoms with Crippen LogP contribution in [0.1, 0.15) is 36.3 Å². The Bertz CT molecular complexity index is 1390. The smallest absolute Gasteiger partial charge is 0.223 e. The molecule has 3 aromatic heterocycles. The highest BCUT2D eigenvalue weighted by Gasteiger charge is 2.24. The maximum atomic E-state index is 13.5. The number of aromatic nitrogens is 4. The number of hydrogen-bond donors (Lipinski definition) is 1. The number of amides is 1. The van der Waals surface area contributed by atoms with Crippen LogP contribution in [-0.2, 0) is 4.79 Å². The van der Waals surface area contributed by atoms with Crippen LogP contribution in [-0.4, -0.2) is 37.1 Å². The van der Waals surface area contributed by atoms with Crippen molar-refractivity contribution in [2.75, 3.05) is 12.0 Å². The summed E-state index contributed by atoms with van der Waals surface area (Å²) >= 11 is 1.76. The van der Waals surface area contributed by atoms with Gasteiger partial charge in [-0.15, -0.1) is 10.2 Å². The molecule has 5 aromatic rings. The molecule has 172 valence electrons. The van der Waals surface area contributed by atoms with Gasteiger partial charge in [-0.2, -0.15) is 11.8 Å². The Balaban J connectivity index is 1.44. The van der Waals surface area contributed by atoms with Crippen molar-refractivity contribution >= 4 is 34.1 Å². The molecule has 1 amide bonds. The average molecular weight is 470 g/mol. The molecule has 0 saturated heterocycles. The van der Waals surface area contributed by atoms with Crippen molar-refractivity contribution in [1.29, 1.82) is 0 Å². The van der Waals surface area contributed by atoms with E-state index in [4.69, 9.17) is 0 Å². The van der Waals surface area contributed by atoms with Crippen LogP contribution in [0, 0.1) is 0 Å². The molecule has 5 rings (SSSR count). The molecule has 1 N–H and O–H groups in total. The number of carbonyl (C=O) groups is 1. The van der Waals surface area contributed by atoms with Crippen molar-refractivity contribution in [2.24, 2.45) is 0 Å². The highest BCUT2D eigenvalue weighted by Crippen LogP contribution is 2.30. The first-order valence-electron chi connectivity index (χ1n) is 11.4. The summed E-state index contributed by atoms with van der Waals surface area (Å²) in [4.78, 5) is 13.5. The summed E-state index contributed by atoms with van der Waals surface area (Å²) < 4.78 is 4.07. The van der Waals surface area contributed by atoms with E-state index in [9.17, 15) is 4.79 Å². The van der Waals surface area contributed by atoms with E-state index in [1.165, 1.54) is 10.8 Å². The molecule has 0 unspecified atom stereocenters. The molecule has 0 spiro atoms. The zero-order valence-corrected chi connectivity index (χ0v) is 19.9. The lowest BCUT2D eigenvalue weighted by atomic mass is 9.96. The predicted molar refractivity (Wildman–Crippen MR) is 138 cm³/mol. The minimum absolute atomic E-state index is 0.00887. The third kappa shape index (κ3) is 4.56. The molecule has 0 fully saturated rings. The van der Waals surface area contributed by atoms with E-state index in [1.54, 1.807) is 11.8 Å². The third-order valence-electron chi connectivity index (χ3n) is 6.15. The Morgan fingerprint density at radius 3 is 2.56 bits per heavy atom. The van der Waals surface area contributed by atoms with E-state index in [-0.39, 0.29) is 18.0 Å². The normalized spacial score (nSPS) is 13.2. The van der Waals surface area contributed by atoms with E-state index in [0.29, 0.717) is 6.42 Å². The molecule has 34 heavy (non-hydrogen) atoms. The zero-order chi connectivity index (χ0) is 23.3. The van der Waals surface area contributed by atoms with Gasteiger partial charge in [0.1, 0.15) is 0 Å². The minimum atomic E-state index is -0.213. The van der Waals surface area contributed by atoms with E-state index in [0.717, 1.165) is 29.2 Å². The maximum Gasteiger partial charge on any atom is 0.223 e. The topological polar surface area (TPSA) is 64.2 Å². The first-order chi connectivity index (χ1) is 16.7. The van der Waals surface area contributed by atoms with Gasteiger partial charge in [-0.3, -0.25) is 9.20 Å². The van der Waals surface area contributed by atoms with Gasteiger partial charge in [0.2, 0.25) is 5.91 Å². The van der Waals surface area contributed by atoms with Crippen LogP contribution in [0.2, 0.25) is 0 Å². The molecule has 2 atom stereocenters. The zero-order valence-electron chi connectivity index (χ0n) is 19.0. The van der Waals surface area contributed by atoms with E-state index >= 15 is 0 Å². The minimum Gasteiger partial charge on any atom is -0.346 e. The summed E-state index contributed by atoms with van der Waals surface area (Å²) in [6.07, 6.45) is 9.18. The van der Waals surface area contributed by atoms with Crippen molar-refractivity contribution in [3.63, 3.8) is 0 Å². The van der Waals surface area contributed by atoms with Crippen molar-refractivity contribution in [3.05, 3.63) is 103 Å². The standard InChI is InChI=1S/C27H27N5OS/c1-34-18-14-23(27-30-29-25-13-4-5-17-32(25)27)28-26(33)19-24(31-15-6-7-16-31)22-12-8-10-20-9-2-3-11-21(20)22/h2-13,15-17,23-24H,14,18-19H2,1H3,(H,28,33)/t23-,24+/m0/s1. The number of rotatable bonds is 9. The first-order valence-corrected chi connectivity index (χ1v) is 12.8. The van der Waals surface area contributed by atoms with Gasteiger partial charge in [0.15, 0.2) is 11.5 Å². The van der Waals surface area contributed by atoms with Crippen molar-refractivity contribution in [1.82, 2.24) is 24.5 Å². The van der Waals surface area contributed by atoms with Crippen molar-refractivity contribution in [3.8, 4) is 0 Å². The molecule has 2 aromatic carbocycles. The van der Waals surface area contributed by atoms with Crippen molar-refractivity contribution in [2.45, 2.75) is 24.9 Å². The van der Waals surface area contributed by atoms with Gasteiger partial charge >= 0.3 is 0 Å². The van der Waals surface area contributed by atoms with Crippen LogP contribution in [0.3, 0.4) is 0 Å². The summed E-state index contributed by atoms with van der Waals surface area (Å²) in [6, 6.07) is 24.1. The van der Waals surface area contributed by atoms with E-state index in [2.05, 4.69) is 56.7 Å². The molecule has 0 saturated carbocycles. The number of thioether (sulfide) groups is 1. The summed E-state index contributed by atoms with van der Waals surface area (Å²) in [5.41, 5.74) is 1.92. The van der Waals surface area contributed by atoms with Gasteiger partial charge in [-0.25, -0.2) is 0 Å². The Kier molecular flexibility index (Phi) is 6.62. The van der Waals surface area contributed by atoms with Crippen LogP contribution in [0.25, 0.3) is 16.4 Å². The van der Waals surface area contributed by atoms with Crippen LogP contribution >= 0.6 is 11.8 Å². The van der Waals surface area contributed by atoms with Crippen LogP contribution in [0.4, 0.5) is 0 Å². The fraction of sp³-hybridized carbons (Fsp3) is 0.222. The molecule has 0 aliphatic heterocycles. The van der Waals surface area contributed by atoms with Gasteiger partial charge < -0.3 is 9.88 Å². The number of nitrogens with one attached hydrogen (secondary N) is 1. The maximum absolute atomic E-state index is 13.5. The van der Waals surface area contributed by atoms with Crippen LogP contribution < -0.4 is 5.32 Å². The Labute approximate surface area is 203 Å². The lowest BCUT2D eigenvalue weighted by Gasteiger charge is -2.23. The molecule has 0 aliphatic rings. The van der Waals surface area contributed by atoms with Gasteiger partial charge in [0.05, 0.1) is 18.5 Å². The Morgan fingerprint density at radius 2 is 1.71 bits per heavy atom. The largest absolute Gasteiger partial charge is 0.346 e. The Morgan fingerprint density at radius 1 is 0.941 bits per heavy atom. The first kappa shape index (κ1) is 22.2. The third-order valence-corrected chi connectivity index (χ3v) is 6.79. The SMILES string of the molecule is CSCC[C@H](NC(=O)C[C@H](c1cccc2ccccc12)n1cccc1)c1nnc2ccccn12. The molecule has 6 nitrogen and oxygen atoms in total. The second-order valence-corrected chi connectivity index (χ2v) is 9.29. The van der Waals surface area contributed by atoms with Gasteiger partial charge in [0, 0.05) is 18.6 Å². The number of carbonyl (C=O) groups excluding carboxylic acids is 1. The van der Waals surface area contributed by atoms with Gasteiger partial charge in [0.25, 0.3) is 0 Å². The van der Waals surface area contributed by atoms with E-state index < -0.39 is 0 Å². The predicted octanol–water partition coefficient (Wildman–Crippen LogP) is 5.27. The molecular weight excluding hydrogens is 442 g/mol. The fourth-order valence-corrected chi connectivity index (χ4v) is 4.97. The Hall–Kier alpha value is -3.58. The number of fused-ring (bicyclic) bond motifs is 2. The van der Waals surface area contributed by atoms with Crippen LogP contribution in [0.15, 0.2) is 91.4 Å². The van der Waals surface area contributed by atoms with Gasteiger partial charge in [-0.05, 0) is 59.0 Å². The molecular formula is C27H27N5OS. The quantitative estimate of drug-likeness (QED) is 0.319.